The Kier molecular flexibility index (Phi) is 5.66. The summed E-state index contributed by atoms with van der Waals surface area (Å²) in [6.45, 7) is 6.36. The molecule has 1 amide bonds. The summed E-state index contributed by atoms with van der Waals surface area (Å²) in [4.78, 5) is 18.5. The lowest BCUT2D eigenvalue weighted by Gasteiger charge is -2.36. The first-order valence-electron chi connectivity index (χ1n) is 8.49. The van der Waals surface area contributed by atoms with Crippen molar-refractivity contribution in [3.63, 3.8) is 0 Å². The van der Waals surface area contributed by atoms with Crippen molar-refractivity contribution >= 4 is 17.2 Å². The van der Waals surface area contributed by atoms with Crippen molar-refractivity contribution in [2.24, 2.45) is 11.7 Å². The molecular formula is C19H25N3OS. The maximum Gasteiger partial charge on any atom is 0.227 e. The predicted octanol–water partition coefficient (Wildman–Crippen LogP) is 2.73. The highest BCUT2D eigenvalue weighted by atomic mass is 32.1. The average molecular weight is 343 g/mol. The normalized spacial score (nSPS) is 18.3. The first-order chi connectivity index (χ1) is 11.6. The Morgan fingerprint density at radius 2 is 1.83 bits per heavy atom. The summed E-state index contributed by atoms with van der Waals surface area (Å²) in [7, 11) is 0. The van der Waals surface area contributed by atoms with E-state index in [1.165, 1.54) is 4.88 Å². The van der Waals surface area contributed by atoms with Crippen molar-refractivity contribution in [1.29, 1.82) is 0 Å². The number of nitrogens with two attached hydrogens (primary N) is 1. The van der Waals surface area contributed by atoms with E-state index in [4.69, 9.17) is 5.73 Å². The molecule has 1 fully saturated rings. The summed E-state index contributed by atoms with van der Waals surface area (Å²) >= 11 is 1.79. The van der Waals surface area contributed by atoms with Gasteiger partial charge in [-0.05, 0) is 17.0 Å². The summed E-state index contributed by atoms with van der Waals surface area (Å²) < 4.78 is 0. The maximum absolute atomic E-state index is 12.8. The number of carbonyl (C=O) groups is 1. The predicted molar refractivity (Wildman–Crippen MR) is 98.7 cm³/mol. The molecule has 3 rings (SSSR count). The second kappa shape index (κ2) is 7.92. The fraction of sp³-hybridized carbons (Fsp3) is 0.421. The third-order valence-corrected chi connectivity index (χ3v) is 5.62. The molecule has 2 heterocycles. The molecular weight excluding hydrogens is 318 g/mol. The molecule has 1 aliphatic rings. The minimum atomic E-state index is -0.247. The van der Waals surface area contributed by atoms with Gasteiger partial charge < -0.3 is 10.6 Å². The van der Waals surface area contributed by atoms with Gasteiger partial charge in [0, 0.05) is 43.6 Å². The molecule has 2 aromatic rings. The zero-order valence-corrected chi connectivity index (χ0v) is 14.9. The van der Waals surface area contributed by atoms with Gasteiger partial charge in [0.25, 0.3) is 0 Å². The van der Waals surface area contributed by atoms with Gasteiger partial charge in [0.2, 0.25) is 5.91 Å². The number of carbonyl (C=O) groups excluding carboxylic acids is 1. The molecule has 2 unspecified atom stereocenters. The van der Waals surface area contributed by atoms with Gasteiger partial charge in [-0.1, -0.05) is 43.3 Å². The van der Waals surface area contributed by atoms with E-state index in [0.29, 0.717) is 0 Å². The second-order valence-electron chi connectivity index (χ2n) is 6.41. The Morgan fingerprint density at radius 3 is 2.46 bits per heavy atom. The topological polar surface area (TPSA) is 49.6 Å². The Labute approximate surface area is 147 Å². The number of thiophene rings is 1. The summed E-state index contributed by atoms with van der Waals surface area (Å²) in [5, 5.41) is 2.11. The summed E-state index contributed by atoms with van der Waals surface area (Å²) in [5.74, 6) is -0.0293. The van der Waals surface area contributed by atoms with Crippen molar-refractivity contribution < 1.29 is 4.79 Å². The van der Waals surface area contributed by atoms with E-state index < -0.39 is 0 Å². The lowest BCUT2D eigenvalue weighted by atomic mass is 9.94. The fourth-order valence-electron chi connectivity index (χ4n) is 3.15. The van der Waals surface area contributed by atoms with Crippen LogP contribution in [0.25, 0.3) is 0 Å². The first kappa shape index (κ1) is 17.1. The van der Waals surface area contributed by atoms with E-state index in [9.17, 15) is 4.79 Å². The quantitative estimate of drug-likeness (QED) is 0.908. The second-order valence-corrected chi connectivity index (χ2v) is 7.44. The number of benzene rings is 1. The maximum atomic E-state index is 12.8. The molecule has 2 N–H and O–H groups in total. The fourth-order valence-corrected chi connectivity index (χ4v) is 3.90. The molecule has 0 aliphatic carbocycles. The summed E-state index contributed by atoms with van der Waals surface area (Å²) in [6, 6.07) is 13.9. The number of nitrogens with zero attached hydrogens (tertiary/aromatic N) is 2. The van der Waals surface area contributed by atoms with Crippen LogP contribution in [0.5, 0.6) is 0 Å². The van der Waals surface area contributed by atoms with E-state index in [0.717, 1.165) is 38.3 Å². The lowest BCUT2D eigenvalue weighted by molar-refractivity contribution is -0.137. The highest BCUT2D eigenvalue weighted by Gasteiger charge is 2.29. The highest BCUT2D eigenvalue weighted by molar-refractivity contribution is 7.09. The van der Waals surface area contributed by atoms with E-state index in [1.54, 1.807) is 11.3 Å². The Hall–Kier alpha value is -1.69. The molecule has 1 saturated heterocycles. The van der Waals surface area contributed by atoms with Gasteiger partial charge in [0.05, 0.1) is 5.92 Å². The van der Waals surface area contributed by atoms with Crippen LogP contribution in [0.2, 0.25) is 0 Å². The van der Waals surface area contributed by atoms with Crippen LogP contribution in [-0.2, 0) is 11.3 Å². The first-order valence-corrected chi connectivity index (χ1v) is 9.37. The minimum absolute atomic E-state index is 0.169. The molecule has 0 bridgehead atoms. The molecule has 0 radical (unpaired) electrons. The molecule has 0 spiro atoms. The molecule has 24 heavy (non-hydrogen) atoms. The Balaban J connectivity index is 1.53. The van der Waals surface area contributed by atoms with Gasteiger partial charge in [-0.25, -0.2) is 0 Å². The van der Waals surface area contributed by atoms with Crippen molar-refractivity contribution in [3.05, 3.63) is 58.3 Å². The van der Waals surface area contributed by atoms with Crippen LogP contribution in [0.3, 0.4) is 0 Å². The van der Waals surface area contributed by atoms with E-state index in [2.05, 4.69) is 22.4 Å². The van der Waals surface area contributed by atoms with Gasteiger partial charge in [0.15, 0.2) is 0 Å². The average Bonchev–Trinajstić information content (AvgIpc) is 3.14. The smallest absolute Gasteiger partial charge is 0.227 e. The van der Waals surface area contributed by atoms with Crippen LogP contribution in [0.15, 0.2) is 47.8 Å². The standard InChI is InChI=1S/C19H25N3OS/c1-15(18(20)16-6-3-2-4-7-16)19(23)22-11-9-21(10-12-22)14-17-8-5-13-24-17/h2-8,13,15,18H,9-12,14,20H2,1H3. The van der Waals surface area contributed by atoms with Crippen LogP contribution in [0.1, 0.15) is 23.4 Å². The monoisotopic (exact) mass is 343 g/mol. The molecule has 1 aromatic heterocycles. The largest absolute Gasteiger partial charge is 0.340 e. The minimum Gasteiger partial charge on any atom is -0.340 e. The van der Waals surface area contributed by atoms with Crippen molar-refractivity contribution in [1.82, 2.24) is 9.80 Å². The number of rotatable bonds is 5. The zero-order chi connectivity index (χ0) is 16.9. The van der Waals surface area contributed by atoms with Gasteiger partial charge >= 0.3 is 0 Å². The summed E-state index contributed by atoms with van der Waals surface area (Å²) in [5.41, 5.74) is 7.33. The summed E-state index contributed by atoms with van der Waals surface area (Å²) in [6.07, 6.45) is 0. The zero-order valence-electron chi connectivity index (χ0n) is 14.1. The Morgan fingerprint density at radius 1 is 1.12 bits per heavy atom. The molecule has 0 saturated carbocycles. The van der Waals surface area contributed by atoms with Crippen LogP contribution in [-0.4, -0.2) is 41.9 Å². The third-order valence-electron chi connectivity index (χ3n) is 4.76. The molecule has 1 aliphatic heterocycles. The lowest BCUT2D eigenvalue weighted by Crippen LogP contribution is -2.50. The van der Waals surface area contributed by atoms with Crippen LogP contribution in [0, 0.1) is 5.92 Å². The number of amides is 1. The van der Waals surface area contributed by atoms with Crippen molar-refractivity contribution in [2.45, 2.75) is 19.5 Å². The molecule has 128 valence electrons. The van der Waals surface area contributed by atoms with E-state index in [-0.39, 0.29) is 17.9 Å². The van der Waals surface area contributed by atoms with Crippen LogP contribution >= 0.6 is 11.3 Å². The molecule has 1 aromatic carbocycles. The molecule has 2 atom stereocenters. The van der Waals surface area contributed by atoms with E-state index in [1.807, 2.05) is 42.2 Å². The van der Waals surface area contributed by atoms with Gasteiger partial charge in [0.1, 0.15) is 0 Å². The van der Waals surface area contributed by atoms with Crippen LogP contribution < -0.4 is 5.73 Å². The number of hydrogen-bond acceptors (Lipinski definition) is 4. The van der Waals surface area contributed by atoms with Gasteiger partial charge in [-0.15, -0.1) is 11.3 Å². The van der Waals surface area contributed by atoms with E-state index >= 15 is 0 Å². The third kappa shape index (κ3) is 4.04. The molecule has 4 nitrogen and oxygen atoms in total. The molecule has 5 heteroatoms. The Bertz CT molecular complexity index is 636. The highest BCUT2D eigenvalue weighted by Crippen LogP contribution is 2.22. The van der Waals surface area contributed by atoms with Crippen molar-refractivity contribution in [2.75, 3.05) is 26.2 Å². The van der Waals surface area contributed by atoms with Crippen molar-refractivity contribution in [3.8, 4) is 0 Å². The van der Waals surface area contributed by atoms with Gasteiger partial charge in [-0.2, -0.15) is 0 Å². The number of piperazine rings is 1. The SMILES string of the molecule is CC(C(=O)N1CCN(Cc2cccs2)CC1)C(N)c1ccccc1. The number of hydrogen-bond donors (Lipinski definition) is 1. The van der Waals surface area contributed by atoms with Crippen LogP contribution in [0.4, 0.5) is 0 Å². The van der Waals surface area contributed by atoms with Gasteiger partial charge in [-0.3, -0.25) is 9.69 Å².